The average molecular weight is 341 g/mol. The third-order valence-corrected chi connectivity index (χ3v) is 4.26. The van der Waals surface area contributed by atoms with E-state index >= 15 is 0 Å². The molecule has 0 spiro atoms. The zero-order valence-electron chi connectivity index (χ0n) is 14.8. The average Bonchev–Trinajstić information content (AvgIpc) is 2.63. The van der Waals surface area contributed by atoms with Crippen LogP contribution in [0.2, 0.25) is 0 Å². The molecule has 1 aromatic carbocycles. The van der Waals surface area contributed by atoms with Crippen LogP contribution in [0, 0.1) is 11.3 Å². The largest absolute Gasteiger partial charge is 0.343 e. The maximum atomic E-state index is 12.5. The molecule has 0 radical (unpaired) electrons. The number of aromatic nitrogens is 2. The van der Waals surface area contributed by atoms with Crippen molar-refractivity contribution in [2.75, 3.05) is 20.1 Å². The van der Waals surface area contributed by atoms with Crippen molar-refractivity contribution in [3.05, 3.63) is 40.4 Å². The monoisotopic (exact) mass is 341 g/mol. The number of nitriles is 1. The molecule has 25 heavy (non-hydrogen) atoms. The number of hydrogen-bond acceptors (Lipinski definition) is 5. The summed E-state index contributed by atoms with van der Waals surface area (Å²) in [6.45, 7) is 5.19. The predicted octanol–water partition coefficient (Wildman–Crippen LogP) is 1.51. The number of nitrogens with zero attached hydrogens (tertiary/aromatic N) is 4. The molecule has 0 saturated heterocycles. The smallest absolute Gasteiger partial charge is 0.258 e. The molecular formula is C18H23N5O2. The van der Waals surface area contributed by atoms with Crippen LogP contribution in [0.25, 0.3) is 10.9 Å². The van der Waals surface area contributed by atoms with Gasteiger partial charge in [-0.3, -0.25) is 14.5 Å². The van der Waals surface area contributed by atoms with Crippen molar-refractivity contribution < 1.29 is 4.79 Å². The Kier molecular flexibility index (Phi) is 6.25. The highest BCUT2D eigenvalue weighted by Gasteiger charge is 2.23. The molecule has 0 aliphatic heterocycles. The Hall–Kier alpha value is -2.72. The molecule has 0 bridgehead atoms. The van der Waals surface area contributed by atoms with Crippen molar-refractivity contribution in [3.63, 3.8) is 0 Å². The van der Waals surface area contributed by atoms with Crippen molar-refractivity contribution in [2.45, 2.75) is 32.9 Å². The molecule has 132 valence electrons. The Balaban J connectivity index is 2.17. The van der Waals surface area contributed by atoms with E-state index in [1.165, 1.54) is 0 Å². The Morgan fingerprint density at radius 3 is 2.80 bits per heavy atom. The van der Waals surface area contributed by atoms with Gasteiger partial charge in [0, 0.05) is 13.6 Å². The molecule has 0 fully saturated rings. The lowest BCUT2D eigenvalue weighted by atomic mass is 10.2. The van der Waals surface area contributed by atoms with Crippen LogP contribution < -0.4 is 5.56 Å². The third-order valence-electron chi connectivity index (χ3n) is 4.26. The summed E-state index contributed by atoms with van der Waals surface area (Å²) in [7, 11) is 1.69. The highest BCUT2D eigenvalue weighted by molar-refractivity contribution is 5.81. The van der Waals surface area contributed by atoms with Gasteiger partial charge in [0.05, 0.1) is 36.0 Å². The molecule has 1 heterocycles. The lowest BCUT2D eigenvalue weighted by Crippen LogP contribution is -2.46. The van der Waals surface area contributed by atoms with Crippen LogP contribution in [0.3, 0.4) is 0 Å². The maximum Gasteiger partial charge on any atom is 0.258 e. The van der Waals surface area contributed by atoms with Gasteiger partial charge in [-0.1, -0.05) is 19.1 Å². The molecule has 7 nitrogen and oxygen atoms in total. The molecule has 0 saturated carbocycles. The van der Waals surface area contributed by atoms with E-state index in [1.807, 2.05) is 30.9 Å². The number of benzene rings is 1. The van der Waals surface area contributed by atoms with Crippen LogP contribution in [0.1, 0.15) is 26.1 Å². The van der Waals surface area contributed by atoms with Crippen LogP contribution in [-0.2, 0) is 11.3 Å². The number of carbonyl (C=O) groups is 1. The van der Waals surface area contributed by atoms with E-state index in [4.69, 9.17) is 5.26 Å². The number of aromatic amines is 1. The zero-order valence-corrected chi connectivity index (χ0v) is 14.8. The highest BCUT2D eigenvalue weighted by atomic mass is 16.2. The fourth-order valence-corrected chi connectivity index (χ4v) is 2.73. The molecule has 7 heteroatoms. The van der Waals surface area contributed by atoms with Crippen molar-refractivity contribution in [2.24, 2.45) is 0 Å². The second-order valence-corrected chi connectivity index (χ2v) is 5.94. The van der Waals surface area contributed by atoms with Gasteiger partial charge in [0.1, 0.15) is 5.82 Å². The summed E-state index contributed by atoms with van der Waals surface area (Å²) in [5.74, 6) is 0.477. The minimum absolute atomic E-state index is 0.0553. The molecule has 2 aromatic rings. The number of hydrogen-bond donors (Lipinski definition) is 1. The molecule has 1 atom stereocenters. The van der Waals surface area contributed by atoms with Crippen LogP contribution in [0.5, 0.6) is 0 Å². The second-order valence-electron chi connectivity index (χ2n) is 5.94. The standard InChI is InChI=1S/C18H23N5O2/c1-4-23(13(2)18(25)22(3)11-7-10-19)12-16-20-15-9-6-5-8-14(15)17(24)21-16/h5-6,8-9,13H,4,7,11-12H2,1-3H3,(H,20,21,24). The van der Waals surface area contributed by atoms with Gasteiger partial charge < -0.3 is 9.88 Å². The van der Waals surface area contributed by atoms with Crippen LogP contribution in [0.15, 0.2) is 29.1 Å². The van der Waals surface area contributed by atoms with Crippen molar-refractivity contribution in [3.8, 4) is 6.07 Å². The van der Waals surface area contributed by atoms with Gasteiger partial charge in [0.15, 0.2) is 0 Å². The van der Waals surface area contributed by atoms with E-state index in [9.17, 15) is 9.59 Å². The summed E-state index contributed by atoms with van der Waals surface area (Å²) in [5, 5.41) is 9.21. The third kappa shape index (κ3) is 4.43. The normalized spacial score (nSPS) is 12.1. The first kappa shape index (κ1) is 18.6. The van der Waals surface area contributed by atoms with E-state index in [0.29, 0.717) is 42.8 Å². The zero-order chi connectivity index (χ0) is 18.4. The molecule has 1 unspecified atom stereocenters. The molecule has 2 rings (SSSR count). The van der Waals surface area contributed by atoms with E-state index in [2.05, 4.69) is 9.97 Å². The number of para-hydroxylation sites is 1. The Morgan fingerprint density at radius 1 is 1.40 bits per heavy atom. The summed E-state index contributed by atoms with van der Waals surface area (Å²) in [4.78, 5) is 35.5. The molecular weight excluding hydrogens is 318 g/mol. The first-order valence-corrected chi connectivity index (χ1v) is 8.31. The van der Waals surface area contributed by atoms with E-state index in [-0.39, 0.29) is 17.5 Å². The van der Waals surface area contributed by atoms with E-state index in [1.54, 1.807) is 30.1 Å². The van der Waals surface area contributed by atoms with Gasteiger partial charge in [-0.25, -0.2) is 4.98 Å². The Bertz CT molecular complexity index is 839. The topological polar surface area (TPSA) is 93.1 Å². The molecule has 1 aromatic heterocycles. The SMILES string of the molecule is CCN(Cc1nc2ccccc2c(=O)[nH]1)C(C)C(=O)N(C)CCC#N. The minimum Gasteiger partial charge on any atom is -0.343 e. The second kappa shape index (κ2) is 8.40. The lowest BCUT2D eigenvalue weighted by molar-refractivity contribution is -0.135. The molecule has 0 aliphatic rings. The minimum atomic E-state index is -0.370. The quantitative estimate of drug-likeness (QED) is 0.824. The van der Waals surface area contributed by atoms with Crippen molar-refractivity contribution >= 4 is 16.8 Å². The number of amides is 1. The number of fused-ring (bicyclic) bond motifs is 1. The van der Waals surface area contributed by atoms with Gasteiger partial charge >= 0.3 is 0 Å². The number of H-pyrrole nitrogens is 1. The fourth-order valence-electron chi connectivity index (χ4n) is 2.73. The summed E-state index contributed by atoms with van der Waals surface area (Å²) < 4.78 is 0. The van der Waals surface area contributed by atoms with Crippen molar-refractivity contribution in [1.82, 2.24) is 19.8 Å². The summed E-state index contributed by atoms with van der Waals surface area (Å²) >= 11 is 0. The Labute approximate surface area is 146 Å². The number of rotatable bonds is 7. The number of carbonyl (C=O) groups excluding carboxylic acids is 1. The molecule has 0 aliphatic carbocycles. The first-order chi connectivity index (χ1) is 12.0. The van der Waals surface area contributed by atoms with Crippen LogP contribution >= 0.6 is 0 Å². The predicted molar refractivity (Wildman–Crippen MR) is 95.8 cm³/mol. The van der Waals surface area contributed by atoms with E-state index in [0.717, 1.165) is 0 Å². The maximum absolute atomic E-state index is 12.5. The summed E-state index contributed by atoms with van der Waals surface area (Å²) in [6.07, 6.45) is 0.306. The fraction of sp³-hybridized carbons (Fsp3) is 0.444. The highest BCUT2D eigenvalue weighted by Crippen LogP contribution is 2.10. The van der Waals surface area contributed by atoms with Gasteiger partial charge in [-0.05, 0) is 25.6 Å². The molecule has 1 N–H and O–H groups in total. The van der Waals surface area contributed by atoms with Gasteiger partial charge in [0.25, 0.3) is 5.56 Å². The van der Waals surface area contributed by atoms with Crippen molar-refractivity contribution in [1.29, 1.82) is 5.26 Å². The first-order valence-electron chi connectivity index (χ1n) is 8.31. The number of nitrogens with one attached hydrogen (secondary N) is 1. The van der Waals surface area contributed by atoms with Crippen LogP contribution in [0.4, 0.5) is 0 Å². The molecule has 1 amide bonds. The van der Waals surface area contributed by atoms with Crippen LogP contribution in [-0.4, -0.2) is 51.9 Å². The number of likely N-dealkylation sites (N-methyl/N-ethyl adjacent to an activating group) is 2. The van der Waals surface area contributed by atoms with E-state index < -0.39 is 0 Å². The van der Waals surface area contributed by atoms with Gasteiger partial charge in [0.2, 0.25) is 5.91 Å². The lowest BCUT2D eigenvalue weighted by Gasteiger charge is -2.29. The summed E-state index contributed by atoms with van der Waals surface area (Å²) in [6, 6.07) is 8.85. The van der Waals surface area contributed by atoms with Gasteiger partial charge in [-0.15, -0.1) is 0 Å². The van der Waals surface area contributed by atoms with Gasteiger partial charge in [-0.2, -0.15) is 5.26 Å². The summed E-state index contributed by atoms with van der Waals surface area (Å²) in [5.41, 5.74) is 0.462. The Morgan fingerprint density at radius 2 is 2.12 bits per heavy atom.